The second-order valence-electron chi connectivity index (χ2n) is 5.68. The van der Waals surface area contributed by atoms with Crippen LogP contribution in [-0.2, 0) is 13.1 Å². The van der Waals surface area contributed by atoms with Gasteiger partial charge in [-0.2, -0.15) is 0 Å². The van der Waals surface area contributed by atoms with E-state index in [9.17, 15) is 4.79 Å². The van der Waals surface area contributed by atoms with Crippen LogP contribution in [0.25, 0.3) is 0 Å². The number of ether oxygens (including phenoxy) is 1. The number of amides is 1. The first kappa shape index (κ1) is 16.9. The highest BCUT2D eigenvalue weighted by molar-refractivity contribution is 5.96. The Morgan fingerprint density at radius 1 is 1.04 bits per heavy atom. The maximum absolute atomic E-state index is 13.1. The largest absolute Gasteiger partial charge is 0.493 e. The van der Waals surface area contributed by atoms with Crippen LogP contribution in [0.4, 0.5) is 0 Å². The van der Waals surface area contributed by atoms with E-state index in [1.807, 2.05) is 50.2 Å². The summed E-state index contributed by atoms with van der Waals surface area (Å²) in [5.41, 5.74) is 0.527. The molecule has 0 aliphatic heterocycles. The Labute approximate surface area is 146 Å². The average molecular weight is 339 g/mol. The Morgan fingerprint density at radius 3 is 2.52 bits per heavy atom. The van der Waals surface area contributed by atoms with Crippen molar-refractivity contribution in [2.24, 2.45) is 0 Å². The Morgan fingerprint density at radius 2 is 1.84 bits per heavy atom. The molecule has 0 aliphatic rings. The Kier molecular flexibility index (Phi) is 5.23. The van der Waals surface area contributed by atoms with Crippen molar-refractivity contribution in [2.75, 3.05) is 6.61 Å². The molecule has 0 saturated heterocycles. The van der Waals surface area contributed by atoms with Crippen molar-refractivity contribution in [3.05, 3.63) is 77.6 Å². The fourth-order valence-corrected chi connectivity index (χ4v) is 2.64. The third-order valence-corrected chi connectivity index (χ3v) is 3.77. The molecule has 5 nitrogen and oxygen atoms in total. The monoisotopic (exact) mass is 339 g/mol. The summed E-state index contributed by atoms with van der Waals surface area (Å²) in [6, 6.07) is 14.7. The molecule has 3 rings (SSSR count). The minimum absolute atomic E-state index is 0.130. The van der Waals surface area contributed by atoms with E-state index in [2.05, 4.69) is 0 Å². The fraction of sp³-hybridized carbons (Fsp3) is 0.250. The topological polar surface area (TPSA) is 55.8 Å². The van der Waals surface area contributed by atoms with Gasteiger partial charge in [-0.15, -0.1) is 0 Å². The first-order valence-corrected chi connectivity index (χ1v) is 8.26. The van der Waals surface area contributed by atoms with E-state index >= 15 is 0 Å². The molecule has 0 aliphatic carbocycles. The van der Waals surface area contributed by atoms with E-state index in [1.165, 1.54) is 0 Å². The molecule has 0 atom stereocenters. The van der Waals surface area contributed by atoms with Crippen molar-refractivity contribution < 1.29 is 18.4 Å². The number of para-hydroxylation sites is 1. The minimum atomic E-state index is -0.130. The molecule has 0 spiro atoms. The van der Waals surface area contributed by atoms with Crippen LogP contribution in [0.15, 0.2) is 63.6 Å². The van der Waals surface area contributed by atoms with E-state index in [1.54, 1.807) is 23.3 Å². The summed E-state index contributed by atoms with van der Waals surface area (Å²) >= 11 is 0. The predicted molar refractivity (Wildman–Crippen MR) is 93.3 cm³/mol. The SMILES string of the molecule is CCOc1ccccc1C(=O)N(Cc1ccco1)Cc1ccc(C)o1. The summed E-state index contributed by atoms with van der Waals surface area (Å²) in [7, 11) is 0. The highest BCUT2D eigenvalue weighted by Crippen LogP contribution is 2.23. The first-order chi connectivity index (χ1) is 12.2. The molecule has 25 heavy (non-hydrogen) atoms. The van der Waals surface area contributed by atoms with E-state index in [0.29, 0.717) is 36.8 Å². The lowest BCUT2D eigenvalue weighted by Crippen LogP contribution is -2.30. The maximum atomic E-state index is 13.1. The Balaban J connectivity index is 1.88. The van der Waals surface area contributed by atoms with Gasteiger partial charge in [0, 0.05) is 0 Å². The molecule has 0 unspecified atom stereocenters. The van der Waals surface area contributed by atoms with E-state index < -0.39 is 0 Å². The van der Waals surface area contributed by atoms with Gasteiger partial charge in [-0.25, -0.2) is 0 Å². The molecule has 0 N–H and O–H groups in total. The molecule has 2 aromatic heterocycles. The Bertz CT molecular complexity index is 820. The number of carbonyl (C=O) groups is 1. The zero-order chi connectivity index (χ0) is 17.6. The minimum Gasteiger partial charge on any atom is -0.493 e. The number of aryl methyl sites for hydroxylation is 1. The third kappa shape index (κ3) is 4.12. The quantitative estimate of drug-likeness (QED) is 0.639. The standard InChI is InChI=1S/C20H21NO4/c1-3-23-19-9-5-4-8-18(19)20(22)21(13-16-7-6-12-24-16)14-17-11-10-15(2)25-17/h4-12H,3,13-14H2,1-2H3. The number of nitrogens with zero attached hydrogens (tertiary/aromatic N) is 1. The molecular formula is C20H21NO4. The zero-order valence-electron chi connectivity index (χ0n) is 14.4. The van der Waals surface area contributed by atoms with Gasteiger partial charge in [0.25, 0.3) is 5.91 Å². The van der Waals surface area contributed by atoms with Crippen LogP contribution in [0.1, 0.15) is 34.6 Å². The van der Waals surface area contributed by atoms with Gasteiger partial charge in [-0.1, -0.05) is 12.1 Å². The normalized spacial score (nSPS) is 10.6. The van der Waals surface area contributed by atoms with Gasteiger partial charge in [-0.05, 0) is 50.2 Å². The third-order valence-electron chi connectivity index (χ3n) is 3.77. The van der Waals surface area contributed by atoms with Gasteiger partial charge in [0.2, 0.25) is 0 Å². The predicted octanol–water partition coefficient (Wildman–Crippen LogP) is 4.42. The second-order valence-corrected chi connectivity index (χ2v) is 5.68. The van der Waals surface area contributed by atoms with Crippen molar-refractivity contribution in [3.63, 3.8) is 0 Å². The molecule has 0 radical (unpaired) electrons. The summed E-state index contributed by atoms with van der Waals surface area (Å²) in [6.07, 6.45) is 1.60. The smallest absolute Gasteiger partial charge is 0.258 e. The van der Waals surface area contributed by atoms with Crippen LogP contribution in [0, 0.1) is 6.92 Å². The van der Waals surface area contributed by atoms with Crippen molar-refractivity contribution in [2.45, 2.75) is 26.9 Å². The zero-order valence-corrected chi connectivity index (χ0v) is 14.4. The van der Waals surface area contributed by atoms with Gasteiger partial charge in [-0.3, -0.25) is 4.79 Å². The average Bonchev–Trinajstić information content (AvgIpc) is 3.26. The molecular weight excluding hydrogens is 318 g/mol. The number of carbonyl (C=O) groups excluding carboxylic acids is 1. The number of benzene rings is 1. The van der Waals surface area contributed by atoms with Crippen LogP contribution in [0.3, 0.4) is 0 Å². The van der Waals surface area contributed by atoms with Crippen molar-refractivity contribution in [1.29, 1.82) is 0 Å². The Hall–Kier alpha value is -2.95. The number of hydrogen-bond donors (Lipinski definition) is 0. The van der Waals surface area contributed by atoms with Gasteiger partial charge >= 0.3 is 0 Å². The second kappa shape index (κ2) is 7.75. The van der Waals surface area contributed by atoms with Crippen molar-refractivity contribution >= 4 is 5.91 Å². The molecule has 1 aromatic carbocycles. The van der Waals surface area contributed by atoms with Crippen LogP contribution >= 0.6 is 0 Å². The van der Waals surface area contributed by atoms with Crippen LogP contribution in [0.2, 0.25) is 0 Å². The maximum Gasteiger partial charge on any atom is 0.258 e. The van der Waals surface area contributed by atoms with Gasteiger partial charge in [0.05, 0.1) is 31.5 Å². The fourth-order valence-electron chi connectivity index (χ4n) is 2.64. The molecule has 130 valence electrons. The molecule has 1 amide bonds. The lowest BCUT2D eigenvalue weighted by molar-refractivity contribution is 0.0700. The summed E-state index contributed by atoms with van der Waals surface area (Å²) < 4.78 is 16.7. The van der Waals surface area contributed by atoms with Crippen LogP contribution in [0.5, 0.6) is 5.75 Å². The summed E-state index contributed by atoms with van der Waals surface area (Å²) in [5, 5.41) is 0. The van der Waals surface area contributed by atoms with E-state index in [0.717, 1.165) is 11.5 Å². The molecule has 5 heteroatoms. The van der Waals surface area contributed by atoms with E-state index in [4.69, 9.17) is 13.6 Å². The molecule has 0 bridgehead atoms. The first-order valence-electron chi connectivity index (χ1n) is 8.26. The summed E-state index contributed by atoms with van der Waals surface area (Å²) in [4.78, 5) is 14.8. The summed E-state index contributed by atoms with van der Waals surface area (Å²) in [6.45, 7) is 4.99. The van der Waals surface area contributed by atoms with Gasteiger partial charge in [0.1, 0.15) is 23.0 Å². The molecule has 0 saturated carbocycles. The van der Waals surface area contributed by atoms with E-state index in [-0.39, 0.29) is 5.91 Å². The summed E-state index contributed by atoms with van der Waals surface area (Å²) in [5.74, 6) is 2.71. The van der Waals surface area contributed by atoms with Crippen LogP contribution in [-0.4, -0.2) is 17.4 Å². The lowest BCUT2D eigenvalue weighted by Gasteiger charge is -2.22. The van der Waals surface area contributed by atoms with Gasteiger partial charge in [0.15, 0.2) is 0 Å². The molecule has 3 aromatic rings. The highest BCUT2D eigenvalue weighted by atomic mass is 16.5. The van der Waals surface area contributed by atoms with Crippen molar-refractivity contribution in [3.8, 4) is 5.75 Å². The number of rotatable bonds is 7. The van der Waals surface area contributed by atoms with Crippen LogP contribution < -0.4 is 4.74 Å². The number of furan rings is 2. The molecule has 2 heterocycles. The van der Waals surface area contributed by atoms with Crippen molar-refractivity contribution in [1.82, 2.24) is 4.90 Å². The molecule has 0 fully saturated rings. The van der Waals surface area contributed by atoms with Gasteiger partial charge < -0.3 is 18.5 Å². The number of hydrogen-bond acceptors (Lipinski definition) is 4. The highest BCUT2D eigenvalue weighted by Gasteiger charge is 2.22. The lowest BCUT2D eigenvalue weighted by atomic mass is 10.1.